The first kappa shape index (κ1) is 35.1. The van der Waals surface area contributed by atoms with Crippen LogP contribution in [0, 0.1) is 5.92 Å². The molecule has 12 heteroatoms. The van der Waals surface area contributed by atoms with E-state index in [4.69, 9.17) is 15.2 Å². The Morgan fingerprint density at radius 2 is 1.37 bits per heavy atom. The summed E-state index contributed by atoms with van der Waals surface area (Å²) in [6.45, 7) is 14.4. The molecule has 6 N–H and O–H groups in total. The first-order chi connectivity index (χ1) is 17.3. The Balaban J connectivity index is 5.13. The summed E-state index contributed by atoms with van der Waals surface area (Å²) in [6, 6.07) is -3.27. The van der Waals surface area contributed by atoms with Crippen molar-refractivity contribution in [2.75, 3.05) is 6.54 Å². The summed E-state index contributed by atoms with van der Waals surface area (Å²) in [7, 11) is 0. The quantitative estimate of drug-likeness (QED) is 0.152. The number of unbranched alkanes of at least 4 members (excludes halogenated alkanes) is 1. The lowest BCUT2D eigenvalue weighted by Crippen LogP contribution is -2.54. The number of carboxylic acid groups (broad SMARTS) is 1. The van der Waals surface area contributed by atoms with Crippen molar-refractivity contribution < 1.29 is 38.6 Å². The minimum Gasteiger partial charge on any atom is -0.480 e. The van der Waals surface area contributed by atoms with Crippen LogP contribution in [-0.4, -0.2) is 70.8 Å². The summed E-state index contributed by atoms with van der Waals surface area (Å²) < 4.78 is 10.4. The highest BCUT2D eigenvalue weighted by Gasteiger charge is 2.29. The number of nitrogens with two attached hydrogens (primary N) is 1. The molecule has 12 nitrogen and oxygen atoms in total. The highest BCUT2D eigenvalue weighted by Crippen LogP contribution is 2.12. The molecular formula is C26H48N4O8. The predicted molar refractivity (Wildman–Crippen MR) is 142 cm³/mol. The smallest absolute Gasteiger partial charge is 0.407 e. The van der Waals surface area contributed by atoms with Gasteiger partial charge in [-0.3, -0.25) is 14.4 Å². The van der Waals surface area contributed by atoms with Crippen LogP contribution >= 0.6 is 0 Å². The number of amides is 3. The number of carbonyl (C=O) groups excluding carboxylic acids is 4. The van der Waals surface area contributed by atoms with Crippen LogP contribution in [0.3, 0.4) is 0 Å². The third-order valence-corrected chi connectivity index (χ3v) is 4.95. The molecule has 0 heterocycles. The second-order valence-electron chi connectivity index (χ2n) is 11.7. The fraction of sp³-hybridized carbons (Fsp3) is 0.808. The topological polar surface area (TPSA) is 186 Å². The Labute approximate surface area is 226 Å². The van der Waals surface area contributed by atoms with E-state index in [1.54, 1.807) is 41.5 Å². The molecule has 0 saturated heterocycles. The van der Waals surface area contributed by atoms with Gasteiger partial charge >= 0.3 is 18.0 Å². The number of rotatable bonds is 15. The largest absolute Gasteiger partial charge is 0.480 e. The number of nitrogens with one attached hydrogen (secondary N) is 3. The third kappa shape index (κ3) is 17.5. The van der Waals surface area contributed by atoms with Crippen LogP contribution in [0.25, 0.3) is 0 Å². The number of esters is 1. The minimum atomic E-state index is -1.24. The van der Waals surface area contributed by atoms with E-state index in [1.165, 1.54) is 0 Å². The van der Waals surface area contributed by atoms with Gasteiger partial charge in [0, 0.05) is 13.0 Å². The van der Waals surface area contributed by atoms with Crippen LogP contribution in [0.1, 0.15) is 93.9 Å². The molecule has 3 atom stereocenters. The zero-order chi connectivity index (χ0) is 29.7. The third-order valence-electron chi connectivity index (χ3n) is 4.95. The Morgan fingerprint density at radius 3 is 1.87 bits per heavy atom. The molecule has 0 radical (unpaired) electrons. The van der Waals surface area contributed by atoms with Gasteiger partial charge in [0.05, 0.1) is 6.04 Å². The van der Waals surface area contributed by atoms with Gasteiger partial charge in [-0.15, -0.1) is 0 Å². The number of ether oxygens (including phenoxy) is 2. The van der Waals surface area contributed by atoms with Gasteiger partial charge in [-0.2, -0.15) is 0 Å². The molecule has 0 unspecified atom stereocenters. The molecule has 0 aliphatic carbocycles. The molecule has 3 amide bonds. The number of aliphatic carboxylic acids is 1. The van der Waals surface area contributed by atoms with Crippen molar-refractivity contribution in [2.24, 2.45) is 11.7 Å². The molecule has 0 rings (SSSR count). The summed E-state index contributed by atoms with van der Waals surface area (Å²) in [4.78, 5) is 61.2. The first-order valence-electron chi connectivity index (χ1n) is 13.1. The Bertz CT molecular complexity index is 802. The molecule has 0 aromatic carbocycles. The molecular weight excluding hydrogens is 496 g/mol. The Morgan fingerprint density at radius 1 is 0.816 bits per heavy atom. The van der Waals surface area contributed by atoms with Crippen LogP contribution in [0.4, 0.5) is 4.79 Å². The lowest BCUT2D eigenvalue weighted by Gasteiger charge is -2.24. The molecule has 0 saturated carbocycles. The first-order valence-corrected chi connectivity index (χ1v) is 13.1. The van der Waals surface area contributed by atoms with Gasteiger partial charge in [-0.1, -0.05) is 13.8 Å². The van der Waals surface area contributed by atoms with Gasteiger partial charge < -0.3 is 36.3 Å². The maximum Gasteiger partial charge on any atom is 0.407 e. The van der Waals surface area contributed by atoms with E-state index in [0.717, 1.165) is 0 Å². The molecule has 0 aliphatic rings. The maximum absolute atomic E-state index is 13.0. The van der Waals surface area contributed by atoms with E-state index in [-0.39, 0.29) is 31.7 Å². The molecule has 38 heavy (non-hydrogen) atoms. The summed E-state index contributed by atoms with van der Waals surface area (Å²) in [5.41, 5.74) is 4.59. The van der Waals surface area contributed by atoms with Crippen LogP contribution < -0.4 is 21.7 Å². The van der Waals surface area contributed by atoms with Crippen LogP contribution in [0.2, 0.25) is 0 Å². The SMILES string of the molecule is CC(C)C[C@H](N)C(=O)N[C@@H](CCC(=O)OC(C)(C)C)C(=O)N[C@@H](CCCCNC(=O)OC(C)(C)C)C(=O)O. The van der Waals surface area contributed by atoms with E-state index >= 15 is 0 Å². The van der Waals surface area contributed by atoms with Crippen LogP contribution in [-0.2, 0) is 28.7 Å². The van der Waals surface area contributed by atoms with E-state index in [2.05, 4.69) is 16.0 Å². The van der Waals surface area contributed by atoms with E-state index in [0.29, 0.717) is 19.3 Å². The predicted octanol–water partition coefficient (Wildman–Crippen LogP) is 2.23. The van der Waals surface area contributed by atoms with Gasteiger partial charge in [-0.25, -0.2) is 9.59 Å². The van der Waals surface area contributed by atoms with Gasteiger partial charge in [-0.05, 0) is 79.6 Å². The van der Waals surface area contributed by atoms with E-state index in [9.17, 15) is 29.1 Å². The van der Waals surface area contributed by atoms with Crippen LogP contribution in [0.5, 0.6) is 0 Å². The summed E-state index contributed by atoms with van der Waals surface area (Å²) >= 11 is 0. The van der Waals surface area contributed by atoms with Gasteiger partial charge in [0.1, 0.15) is 23.3 Å². The monoisotopic (exact) mass is 544 g/mol. The van der Waals surface area contributed by atoms with Crippen molar-refractivity contribution in [1.82, 2.24) is 16.0 Å². The number of carboxylic acids is 1. The van der Waals surface area contributed by atoms with Crippen molar-refractivity contribution in [3.8, 4) is 0 Å². The van der Waals surface area contributed by atoms with Gasteiger partial charge in [0.25, 0.3) is 0 Å². The minimum absolute atomic E-state index is 0.0902. The lowest BCUT2D eigenvalue weighted by molar-refractivity contribution is -0.155. The number of hydrogen-bond acceptors (Lipinski definition) is 8. The van der Waals surface area contributed by atoms with Gasteiger partial charge in [0.2, 0.25) is 11.8 Å². The second kappa shape index (κ2) is 16.2. The van der Waals surface area contributed by atoms with E-state index in [1.807, 2.05) is 13.8 Å². The van der Waals surface area contributed by atoms with Crippen molar-refractivity contribution in [2.45, 2.75) is 123 Å². The zero-order valence-electron chi connectivity index (χ0n) is 24.1. The highest BCUT2D eigenvalue weighted by atomic mass is 16.6. The highest BCUT2D eigenvalue weighted by molar-refractivity contribution is 5.92. The van der Waals surface area contributed by atoms with Crippen molar-refractivity contribution in [1.29, 1.82) is 0 Å². The molecule has 0 aliphatic heterocycles. The summed E-state index contributed by atoms with van der Waals surface area (Å²) in [6.07, 6.45) is 0.511. The average molecular weight is 545 g/mol. The van der Waals surface area contributed by atoms with Crippen molar-refractivity contribution in [3.63, 3.8) is 0 Å². The Hall–Kier alpha value is -2.89. The summed E-state index contributed by atoms with van der Waals surface area (Å²) in [5.74, 6) is -2.96. The molecule has 0 fully saturated rings. The van der Waals surface area contributed by atoms with E-state index < -0.39 is 59.2 Å². The molecule has 220 valence electrons. The average Bonchev–Trinajstić information content (AvgIpc) is 2.71. The fourth-order valence-corrected chi connectivity index (χ4v) is 3.32. The second-order valence-corrected chi connectivity index (χ2v) is 11.7. The van der Waals surface area contributed by atoms with Crippen LogP contribution in [0.15, 0.2) is 0 Å². The Kier molecular flexibility index (Phi) is 14.9. The zero-order valence-corrected chi connectivity index (χ0v) is 24.1. The number of carbonyl (C=O) groups is 5. The maximum atomic E-state index is 13.0. The fourth-order valence-electron chi connectivity index (χ4n) is 3.32. The summed E-state index contributed by atoms with van der Waals surface area (Å²) in [5, 5.41) is 17.2. The molecule has 0 bridgehead atoms. The molecule has 0 aromatic heterocycles. The molecule has 0 aromatic rings. The van der Waals surface area contributed by atoms with Gasteiger partial charge in [0.15, 0.2) is 0 Å². The number of hydrogen-bond donors (Lipinski definition) is 5. The molecule has 0 spiro atoms. The standard InChI is InChI=1S/C26H48N4O8/c1-16(2)15-17(27)21(32)29-18(12-13-20(31)37-25(3,4)5)22(33)30-19(23(34)35)11-9-10-14-28-24(36)38-26(6,7)8/h16-19H,9-15,27H2,1-8H3,(H,28,36)(H,29,32)(H,30,33)(H,34,35)/t17-,18-,19-/m0/s1. The normalized spacial score (nSPS) is 14.2. The van der Waals surface area contributed by atoms with Crippen molar-refractivity contribution in [3.05, 3.63) is 0 Å². The number of alkyl carbamates (subject to hydrolysis) is 1. The van der Waals surface area contributed by atoms with Crippen molar-refractivity contribution >= 4 is 29.8 Å². The lowest BCUT2D eigenvalue weighted by atomic mass is 10.0.